The van der Waals surface area contributed by atoms with Gasteiger partial charge < -0.3 is 4.57 Å². The first-order chi connectivity index (χ1) is 9.60. The van der Waals surface area contributed by atoms with Gasteiger partial charge >= 0.3 is 5.69 Å². The number of aryl methyl sites for hydroxylation is 1. The Hall–Kier alpha value is -1.12. The van der Waals surface area contributed by atoms with Crippen LogP contribution in [0.1, 0.15) is 12.5 Å². The maximum absolute atomic E-state index is 12.1. The number of alkyl halides is 1. The topological polar surface area (TPSA) is 81.4 Å². The molecule has 1 unspecified atom stereocenters. The molecule has 1 aromatic rings. The molecule has 21 heavy (non-hydrogen) atoms. The Balaban J connectivity index is 3.07. The minimum absolute atomic E-state index is 0.0842. The lowest BCUT2D eigenvalue weighted by Crippen LogP contribution is -2.41. The van der Waals surface area contributed by atoms with Crippen molar-refractivity contribution in [2.45, 2.75) is 13.5 Å². The molecule has 0 fully saturated rings. The predicted molar refractivity (Wildman–Crippen MR) is 82.1 cm³/mol. The molecular formula is C12H20ClN3O4S. The van der Waals surface area contributed by atoms with E-state index < -0.39 is 21.3 Å². The Kier molecular flexibility index (Phi) is 5.77. The van der Waals surface area contributed by atoms with Crippen LogP contribution in [0, 0.1) is 5.92 Å². The lowest BCUT2D eigenvalue weighted by molar-refractivity contribution is 0.454. The van der Waals surface area contributed by atoms with E-state index in [2.05, 4.69) is 0 Å². The highest BCUT2D eigenvalue weighted by molar-refractivity contribution is 7.89. The second-order valence-electron chi connectivity index (χ2n) is 5.21. The average molecular weight is 338 g/mol. The van der Waals surface area contributed by atoms with Crippen LogP contribution in [0.3, 0.4) is 0 Å². The van der Waals surface area contributed by atoms with Crippen LogP contribution in [0.4, 0.5) is 0 Å². The molecule has 0 amide bonds. The van der Waals surface area contributed by atoms with Gasteiger partial charge in [-0.1, -0.05) is 6.92 Å². The van der Waals surface area contributed by atoms with Crippen molar-refractivity contribution in [3.05, 3.63) is 32.6 Å². The summed E-state index contributed by atoms with van der Waals surface area (Å²) in [5, 5.41) is 0. The van der Waals surface area contributed by atoms with E-state index in [9.17, 15) is 18.0 Å². The Morgan fingerprint density at radius 1 is 1.33 bits per heavy atom. The Labute approximate surface area is 128 Å². The van der Waals surface area contributed by atoms with Crippen molar-refractivity contribution < 1.29 is 8.42 Å². The molecule has 7 nitrogen and oxygen atoms in total. The van der Waals surface area contributed by atoms with Crippen LogP contribution < -0.4 is 11.2 Å². The smallest absolute Gasteiger partial charge is 0.303 e. The van der Waals surface area contributed by atoms with Crippen LogP contribution in [-0.4, -0.2) is 40.5 Å². The summed E-state index contributed by atoms with van der Waals surface area (Å²) >= 11 is 5.63. The number of hydrogen-bond acceptors (Lipinski definition) is 4. The largest absolute Gasteiger partial charge is 0.330 e. The third kappa shape index (κ3) is 4.18. The van der Waals surface area contributed by atoms with Crippen LogP contribution in [0.15, 0.2) is 15.8 Å². The van der Waals surface area contributed by atoms with Gasteiger partial charge in [-0.15, -0.1) is 11.6 Å². The highest BCUT2D eigenvalue weighted by atomic mass is 35.5. The summed E-state index contributed by atoms with van der Waals surface area (Å²) in [5.41, 5.74) is -0.709. The molecule has 0 spiro atoms. The predicted octanol–water partition coefficient (Wildman–Crippen LogP) is -0.279. The highest BCUT2D eigenvalue weighted by Gasteiger charge is 2.22. The van der Waals surface area contributed by atoms with Crippen LogP contribution in [0.5, 0.6) is 0 Å². The summed E-state index contributed by atoms with van der Waals surface area (Å²) in [4.78, 5) is 23.6. The van der Waals surface area contributed by atoms with Gasteiger partial charge in [0, 0.05) is 45.3 Å². The van der Waals surface area contributed by atoms with E-state index in [0.29, 0.717) is 0 Å². The normalized spacial score (nSPS) is 13.6. The van der Waals surface area contributed by atoms with Crippen molar-refractivity contribution in [2.75, 3.05) is 18.7 Å². The minimum Gasteiger partial charge on any atom is -0.303 e. The van der Waals surface area contributed by atoms with Gasteiger partial charge in [-0.3, -0.25) is 9.36 Å². The quantitative estimate of drug-likeness (QED) is 0.669. The van der Waals surface area contributed by atoms with Crippen molar-refractivity contribution >= 4 is 21.6 Å². The lowest BCUT2D eigenvalue weighted by Gasteiger charge is -2.19. The average Bonchev–Trinajstić information content (AvgIpc) is 2.41. The SMILES string of the molecule is CC(CCl)CS(=O)(=O)N(C)Cc1cn(C)c(=O)n(C)c1=O. The number of aromatic nitrogens is 2. The first-order valence-corrected chi connectivity index (χ1v) is 8.50. The van der Waals surface area contributed by atoms with Gasteiger partial charge in [0.25, 0.3) is 5.56 Å². The molecule has 0 N–H and O–H groups in total. The fraction of sp³-hybridized carbons (Fsp3) is 0.667. The number of rotatable bonds is 6. The van der Waals surface area contributed by atoms with Crippen LogP contribution in [0.25, 0.3) is 0 Å². The molecule has 1 atom stereocenters. The molecule has 120 valence electrons. The second kappa shape index (κ2) is 6.76. The number of sulfonamides is 1. The van der Waals surface area contributed by atoms with Crippen LogP contribution in [0.2, 0.25) is 0 Å². The van der Waals surface area contributed by atoms with Gasteiger partial charge in [-0.05, 0) is 5.92 Å². The number of halogens is 1. The first-order valence-electron chi connectivity index (χ1n) is 6.35. The molecule has 0 aliphatic heterocycles. The molecule has 0 saturated carbocycles. The molecule has 1 rings (SSSR count). The van der Waals surface area contributed by atoms with Gasteiger partial charge in [-0.2, -0.15) is 0 Å². The van der Waals surface area contributed by atoms with E-state index in [1.165, 1.54) is 31.9 Å². The molecule has 9 heteroatoms. The Bertz CT molecular complexity index is 723. The summed E-state index contributed by atoms with van der Waals surface area (Å²) in [5.74, 6) is -0.0182. The molecular weight excluding hydrogens is 318 g/mol. The Morgan fingerprint density at radius 2 is 1.90 bits per heavy atom. The summed E-state index contributed by atoms with van der Waals surface area (Å²) in [6.07, 6.45) is 1.36. The molecule has 1 heterocycles. The Morgan fingerprint density at radius 3 is 2.43 bits per heavy atom. The fourth-order valence-corrected chi connectivity index (χ4v) is 3.53. The van der Waals surface area contributed by atoms with Crippen molar-refractivity contribution in [2.24, 2.45) is 20.0 Å². The van der Waals surface area contributed by atoms with Crippen molar-refractivity contribution in [1.82, 2.24) is 13.4 Å². The van der Waals surface area contributed by atoms with E-state index >= 15 is 0 Å². The summed E-state index contributed by atoms with van der Waals surface area (Å²) in [7, 11) is 0.763. The third-order valence-electron chi connectivity index (χ3n) is 3.14. The lowest BCUT2D eigenvalue weighted by atomic mass is 10.3. The van der Waals surface area contributed by atoms with E-state index in [-0.39, 0.29) is 29.7 Å². The molecule has 0 aromatic carbocycles. The summed E-state index contributed by atoms with van der Waals surface area (Å²) in [6.45, 7) is 1.65. The van der Waals surface area contributed by atoms with Gasteiger partial charge in [0.2, 0.25) is 10.0 Å². The van der Waals surface area contributed by atoms with Gasteiger partial charge in [-0.25, -0.2) is 17.5 Å². The van der Waals surface area contributed by atoms with E-state index in [4.69, 9.17) is 11.6 Å². The molecule has 1 aromatic heterocycles. The van der Waals surface area contributed by atoms with Gasteiger partial charge in [0.1, 0.15) is 0 Å². The second-order valence-corrected chi connectivity index (χ2v) is 7.64. The van der Waals surface area contributed by atoms with E-state index in [0.717, 1.165) is 8.87 Å². The maximum Gasteiger partial charge on any atom is 0.330 e. The van der Waals surface area contributed by atoms with Crippen LogP contribution >= 0.6 is 11.6 Å². The number of hydrogen-bond donors (Lipinski definition) is 0. The zero-order valence-electron chi connectivity index (χ0n) is 12.5. The first kappa shape index (κ1) is 17.9. The van der Waals surface area contributed by atoms with Crippen molar-refractivity contribution in [1.29, 1.82) is 0 Å². The monoisotopic (exact) mass is 337 g/mol. The van der Waals surface area contributed by atoms with Gasteiger partial charge in [0.15, 0.2) is 0 Å². The number of nitrogens with zero attached hydrogens (tertiary/aromatic N) is 3. The summed E-state index contributed by atoms with van der Waals surface area (Å²) < 4.78 is 27.6. The highest BCUT2D eigenvalue weighted by Crippen LogP contribution is 2.09. The molecule has 0 bridgehead atoms. The fourth-order valence-electron chi connectivity index (χ4n) is 1.86. The zero-order chi connectivity index (χ0) is 16.4. The molecule has 0 aliphatic carbocycles. The zero-order valence-corrected chi connectivity index (χ0v) is 14.1. The van der Waals surface area contributed by atoms with Crippen molar-refractivity contribution in [3.8, 4) is 0 Å². The van der Waals surface area contributed by atoms with E-state index in [1.54, 1.807) is 6.92 Å². The molecule has 0 aliphatic rings. The third-order valence-corrected chi connectivity index (χ3v) is 5.74. The summed E-state index contributed by atoms with van der Waals surface area (Å²) in [6, 6.07) is 0. The van der Waals surface area contributed by atoms with Gasteiger partial charge in [0.05, 0.1) is 5.75 Å². The van der Waals surface area contributed by atoms with E-state index in [1.807, 2.05) is 0 Å². The van der Waals surface area contributed by atoms with Crippen LogP contribution in [-0.2, 0) is 30.7 Å². The standard InChI is InChI=1S/C12H20ClN3O4S/c1-9(5-13)8-21(19,20)15(3)7-10-6-14(2)12(18)16(4)11(10)17/h6,9H,5,7-8H2,1-4H3. The van der Waals surface area contributed by atoms with Crippen molar-refractivity contribution in [3.63, 3.8) is 0 Å². The maximum atomic E-state index is 12.1. The molecule has 0 radical (unpaired) electrons. The minimum atomic E-state index is -3.51. The molecule has 0 saturated heterocycles.